The lowest BCUT2D eigenvalue weighted by atomic mass is 10.1. The molecule has 2 aromatic heterocycles. The van der Waals surface area contributed by atoms with Crippen LogP contribution in [-0.2, 0) is 22.5 Å². The summed E-state index contributed by atoms with van der Waals surface area (Å²) in [5.41, 5.74) is 2.25. The lowest BCUT2D eigenvalue weighted by molar-refractivity contribution is 0.0471. The summed E-state index contributed by atoms with van der Waals surface area (Å²) in [4.78, 5) is 31.4. The summed E-state index contributed by atoms with van der Waals surface area (Å²) < 4.78 is 10.8. The highest BCUT2D eigenvalue weighted by molar-refractivity contribution is 7.13. The first-order valence-electron chi connectivity index (χ1n) is 10.3. The van der Waals surface area contributed by atoms with Gasteiger partial charge in [0, 0.05) is 25.0 Å². The Hall–Kier alpha value is -3.37. The molecule has 4 rings (SSSR count). The van der Waals surface area contributed by atoms with Crippen molar-refractivity contribution in [2.24, 2.45) is 0 Å². The van der Waals surface area contributed by atoms with E-state index >= 15 is 0 Å². The third-order valence-corrected chi connectivity index (χ3v) is 5.82. The summed E-state index contributed by atoms with van der Waals surface area (Å²) in [6.07, 6.45) is 2.58. The van der Waals surface area contributed by atoms with E-state index in [1.165, 1.54) is 5.56 Å². The van der Waals surface area contributed by atoms with Crippen LogP contribution in [-0.4, -0.2) is 53.4 Å². The molecular formula is C22H23N5O4S. The summed E-state index contributed by atoms with van der Waals surface area (Å²) in [5.74, 6) is -0.282. The second kappa shape index (κ2) is 10.3. The number of amides is 1. The molecule has 0 spiro atoms. The fourth-order valence-electron chi connectivity index (χ4n) is 3.20. The Morgan fingerprint density at radius 3 is 2.69 bits per heavy atom. The molecule has 1 saturated heterocycles. The standard InChI is InChI=1S/C22H23N5O4S/c1-2-15-5-7-16(8-6-15)24-20(28)21-26-25-18(32-21)14-31-22(29)17-4-3-9-23-19(17)27-10-12-30-13-11-27/h3-9H,2,10-14H2,1H3,(H,24,28). The monoisotopic (exact) mass is 453 g/mol. The van der Waals surface area contributed by atoms with Crippen LogP contribution in [0.5, 0.6) is 0 Å². The SMILES string of the molecule is CCc1ccc(NC(=O)c2nnc(COC(=O)c3cccnc3N3CCOCC3)s2)cc1. The minimum atomic E-state index is -0.503. The topological polar surface area (TPSA) is 107 Å². The number of pyridine rings is 1. The molecule has 1 aliphatic rings. The molecule has 10 heteroatoms. The van der Waals surface area contributed by atoms with E-state index in [0.717, 1.165) is 17.8 Å². The van der Waals surface area contributed by atoms with Gasteiger partial charge in [-0.3, -0.25) is 4.79 Å². The highest BCUT2D eigenvalue weighted by atomic mass is 32.1. The molecular weight excluding hydrogens is 430 g/mol. The molecule has 9 nitrogen and oxygen atoms in total. The lowest BCUT2D eigenvalue weighted by Crippen LogP contribution is -2.37. The maximum atomic E-state index is 12.7. The van der Waals surface area contributed by atoms with Crippen molar-refractivity contribution < 1.29 is 19.1 Å². The highest BCUT2D eigenvalue weighted by Gasteiger charge is 2.21. The van der Waals surface area contributed by atoms with Crippen LogP contribution in [0.2, 0.25) is 0 Å². The number of rotatable bonds is 7. The van der Waals surface area contributed by atoms with Gasteiger partial charge in [-0.05, 0) is 36.2 Å². The van der Waals surface area contributed by atoms with E-state index in [2.05, 4.69) is 27.4 Å². The zero-order chi connectivity index (χ0) is 22.3. The Bertz CT molecular complexity index is 1080. The molecule has 0 unspecified atom stereocenters. The predicted octanol–water partition coefficient (Wildman–Crippen LogP) is 2.94. The average molecular weight is 454 g/mol. The maximum absolute atomic E-state index is 12.7. The lowest BCUT2D eigenvalue weighted by Gasteiger charge is -2.28. The number of aromatic nitrogens is 3. The number of morpholine rings is 1. The molecule has 0 aliphatic carbocycles. The molecule has 0 bridgehead atoms. The molecule has 0 radical (unpaired) electrons. The van der Waals surface area contributed by atoms with Gasteiger partial charge < -0.3 is 19.7 Å². The molecule has 1 fully saturated rings. The van der Waals surface area contributed by atoms with Gasteiger partial charge in [0.15, 0.2) is 5.01 Å². The fourth-order valence-corrected chi connectivity index (χ4v) is 3.85. The molecule has 166 valence electrons. The molecule has 1 amide bonds. The molecule has 1 N–H and O–H groups in total. The molecule has 1 aromatic carbocycles. The molecule has 3 aromatic rings. The quantitative estimate of drug-likeness (QED) is 0.544. The fraction of sp³-hybridized carbons (Fsp3) is 0.318. The van der Waals surface area contributed by atoms with E-state index in [1.807, 2.05) is 29.2 Å². The van der Waals surface area contributed by atoms with Crippen molar-refractivity contribution in [2.45, 2.75) is 20.0 Å². The van der Waals surface area contributed by atoms with Gasteiger partial charge in [-0.1, -0.05) is 30.4 Å². The molecule has 0 atom stereocenters. The zero-order valence-electron chi connectivity index (χ0n) is 17.6. The van der Waals surface area contributed by atoms with E-state index < -0.39 is 5.97 Å². The number of esters is 1. The minimum absolute atomic E-state index is 0.0770. The number of carbonyl (C=O) groups is 2. The second-order valence-corrected chi connectivity index (χ2v) is 8.12. The van der Waals surface area contributed by atoms with Crippen molar-refractivity contribution in [3.63, 3.8) is 0 Å². The number of nitrogens with zero attached hydrogens (tertiary/aromatic N) is 4. The Morgan fingerprint density at radius 2 is 1.94 bits per heavy atom. The van der Waals surface area contributed by atoms with Gasteiger partial charge in [0.25, 0.3) is 5.91 Å². The van der Waals surface area contributed by atoms with Crippen LogP contribution < -0.4 is 10.2 Å². The number of carbonyl (C=O) groups excluding carboxylic acids is 2. The Balaban J connectivity index is 1.36. The maximum Gasteiger partial charge on any atom is 0.342 e. The van der Waals surface area contributed by atoms with E-state index in [-0.39, 0.29) is 17.5 Å². The van der Waals surface area contributed by atoms with E-state index in [4.69, 9.17) is 9.47 Å². The van der Waals surface area contributed by atoms with Crippen molar-refractivity contribution >= 4 is 34.7 Å². The van der Waals surface area contributed by atoms with E-state index in [9.17, 15) is 9.59 Å². The third kappa shape index (κ3) is 5.27. The average Bonchev–Trinajstić information content (AvgIpc) is 3.33. The van der Waals surface area contributed by atoms with E-state index in [1.54, 1.807) is 18.3 Å². The smallest absolute Gasteiger partial charge is 0.342 e. The Kier molecular flexibility index (Phi) is 7.03. The van der Waals surface area contributed by atoms with Crippen molar-refractivity contribution in [3.05, 3.63) is 63.7 Å². The summed E-state index contributed by atoms with van der Waals surface area (Å²) in [5, 5.41) is 11.3. The number of hydrogen-bond donors (Lipinski definition) is 1. The molecule has 1 aliphatic heterocycles. The van der Waals surface area contributed by atoms with Gasteiger partial charge in [0.05, 0.1) is 13.2 Å². The van der Waals surface area contributed by atoms with Gasteiger partial charge in [-0.25, -0.2) is 9.78 Å². The van der Waals surface area contributed by atoms with Gasteiger partial charge in [-0.15, -0.1) is 10.2 Å². The number of benzene rings is 1. The zero-order valence-corrected chi connectivity index (χ0v) is 18.4. The first-order chi connectivity index (χ1) is 15.6. The second-order valence-electron chi connectivity index (χ2n) is 7.06. The van der Waals surface area contributed by atoms with Gasteiger partial charge in [0.2, 0.25) is 5.01 Å². The first-order valence-corrected chi connectivity index (χ1v) is 11.1. The van der Waals surface area contributed by atoms with Crippen molar-refractivity contribution in [2.75, 3.05) is 36.5 Å². The Morgan fingerprint density at radius 1 is 1.16 bits per heavy atom. The normalized spacial score (nSPS) is 13.6. The van der Waals surface area contributed by atoms with Crippen LogP contribution in [0.25, 0.3) is 0 Å². The third-order valence-electron chi connectivity index (χ3n) is 4.93. The van der Waals surface area contributed by atoms with Crippen LogP contribution in [0.3, 0.4) is 0 Å². The Labute approximate surface area is 189 Å². The van der Waals surface area contributed by atoms with Gasteiger partial charge in [-0.2, -0.15) is 0 Å². The predicted molar refractivity (Wildman–Crippen MR) is 120 cm³/mol. The summed E-state index contributed by atoms with van der Waals surface area (Å²) in [6.45, 7) is 4.49. The molecule has 32 heavy (non-hydrogen) atoms. The van der Waals surface area contributed by atoms with Gasteiger partial charge in [0.1, 0.15) is 18.0 Å². The van der Waals surface area contributed by atoms with Crippen LogP contribution in [0, 0.1) is 0 Å². The van der Waals surface area contributed by atoms with Crippen LogP contribution >= 0.6 is 11.3 Å². The minimum Gasteiger partial charge on any atom is -0.455 e. The highest BCUT2D eigenvalue weighted by Crippen LogP contribution is 2.21. The van der Waals surface area contributed by atoms with Crippen molar-refractivity contribution in [1.29, 1.82) is 0 Å². The van der Waals surface area contributed by atoms with Crippen LogP contribution in [0.1, 0.15) is 37.7 Å². The van der Waals surface area contributed by atoms with Crippen molar-refractivity contribution in [3.8, 4) is 0 Å². The number of nitrogens with one attached hydrogen (secondary N) is 1. The van der Waals surface area contributed by atoms with Crippen LogP contribution in [0.4, 0.5) is 11.5 Å². The molecule has 0 saturated carbocycles. The van der Waals surface area contributed by atoms with E-state index in [0.29, 0.717) is 48.4 Å². The van der Waals surface area contributed by atoms with Gasteiger partial charge >= 0.3 is 5.97 Å². The summed E-state index contributed by atoms with van der Waals surface area (Å²) >= 11 is 1.08. The number of ether oxygens (including phenoxy) is 2. The number of aryl methyl sites for hydroxylation is 1. The van der Waals surface area contributed by atoms with Crippen LogP contribution in [0.15, 0.2) is 42.6 Å². The summed E-state index contributed by atoms with van der Waals surface area (Å²) in [6, 6.07) is 11.0. The number of hydrogen-bond acceptors (Lipinski definition) is 9. The largest absolute Gasteiger partial charge is 0.455 e. The molecule has 3 heterocycles. The summed E-state index contributed by atoms with van der Waals surface area (Å²) in [7, 11) is 0. The number of anilines is 2. The first kappa shape index (κ1) is 21.8. The van der Waals surface area contributed by atoms with Crippen molar-refractivity contribution in [1.82, 2.24) is 15.2 Å².